The highest BCUT2D eigenvalue weighted by molar-refractivity contribution is 5.49. The first-order valence-electron chi connectivity index (χ1n) is 6.12. The maximum absolute atomic E-state index is 10.8. The Morgan fingerprint density at radius 3 is 1.89 bits per heavy atom. The van der Waals surface area contributed by atoms with E-state index in [4.69, 9.17) is 0 Å². The van der Waals surface area contributed by atoms with Gasteiger partial charge in [0.2, 0.25) is 0 Å². The summed E-state index contributed by atoms with van der Waals surface area (Å²) in [6, 6.07) is 11.7. The summed E-state index contributed by atoms with van der Waals surface area (Å²) < 4.78 is 0. The van der Waals surface area contributed by atoms with Gasteiger partial charge in [-0.05, 0) is 43.0 Å². The van der Waals surface area contributed by atoms with Crippen LogP contribution in [0.1, 0.15) is 17.8 Å². The Bertz CT molecular complexity index is 429. The van der Waals surface area contributed by atoms with Crippen molar-refractivity contribution in [2.75, 3.05) is 0 Å². The van der Waals surface area contributed by atoms with Crippen LogP contribution in [0.3, 0.4) is 0 Å². The maximum Gasteiger partial charge on any atom is 0.120 e. The first-order chi connectivity index (χ1) is 8.88. The molecule has 0 spiro atoms. The van der Waals surface area contributed by atoms with Crippen molar-refractivity contribution in [3.05, 3.63) is 60.2 Å². The molecule has 0 atom stereocenters. The van der Waals surface area contributed by atoms with E-state index in [1.807, 2.05) is 36.4 Å². The topological polar surface area (TPSA) is 42.9 Å². The Morgan fingerprint density at radius 1 is 0.944 bits per heavy atom. The first kappa shape index (κ1) is 12.4. The molecule has 0 amide bonds. The van der Waals surface area contributed by atoms with Crippen LogP contribution in [0.4, 0.5) is 0 Å². The molecular formula is C15H16N2O. The van der Waals surface area contributed by atoms with E-state index >= 15 is 0 Å². The van der Waals surface area contributed by atoms with Gasteiger partial charge in [-0.1, -0.05) is 12.1 Å². The minimum Gasteiger partial charge on any atom is -0.303 e. The molecule has 92 valence electrons. The van der Waals surface area contributed by atoms with E-state index in [1.54, 1.807) is 12.4 Å². The number of aldehydes is 1. The van der Waals surface area contributed by atoms with Gasteiger partial charge in [-0.3, -0.25) is 9.97 Å². The molecule has 0 bridgehead atoms. The Labute approximate surface area is 107 Å². The van der Waals surface area contributed by atoms with Crippen molar-refractivity contribution in [3.63, 3.8) is 0 Å². The lowest BCUT2D eigenvalue weighted by Crippen LogP contribution is -2.11. The fourth-order valence-electron chi connectivity index (χ4n) is 2.00. The second kappa shape index (κ2) is 6.64. The fraction of sp³-hybridized carbons (Fsp3) is 0.267. The van der Waals surface area contributed by atoms with Gasteiger partial charge in [-0.15, -0.1) is 0 Å². The molecule has 3 heteroatoms. The molecule has 0 aromatic carbocycles. The summed E-state index contributed by atoms with van der Waals surface area (Å²) in [5.74, 6) is 0.271. The summed E-state index contributed by atoms with van der Waals surface area (Å²) in [5, 5.41) is 0. The molecule has 0 aliphatic heterocycles. The van der Waals surface area contributed by atoms with E-state index in [0.717, 1.165) is 30.5 Å². The van der Waals surface area contributed by atoms with E-state index in [-0.39, 0.29) is 5.92 Å². The van der Waals surface area contributed by atoms with Gasteiger partial charge in [0, 0.05) is 30.2 Å². The van der Waals surface area contributed by atoms with Crippen molar-refractivity contribution in [2.45, 2.75) is 19.3 Å². The van der Waals surface area contributed by atoms with Crippen molar-refractivity contribution in [3.8, 4) is 0 Å². The normalized spacial score (nSPS) is 10.5. The van der Waals surface area contributed by atoms with E-state index in [9.17, 15) is 4.79 Å². The molecule has 2 aromatic heterocycles. The Morgan fingerprint density at radius 2 is 1.50 bits per heavy atom. The number of carbonyl (C=O) groups excluding carboxylic acids is 1. The third-order valence-corrected chi connectivity index (χ3v) is 2.88. The van der Waals surface area contributed by atoms with Crippen LogP contribution in [0.2, 0.25) is 0 Å². The lowest BCUT2D eigenvalue weighted by molar-refractivity contribution is -0.108. The van der Waals surface area contributed by atoms with Gasteiger partial charge in [-0.2, -0.15) is 0 Å². The molecule has 3 nitrogen and oxygen atoms in total. The first-order valence-corrected chi connectivity index (χ1v) is 6.12. The summed E-state index contributed by atoms with van der Waals surface area (Å²) in [7, 11) is 0. The van der Waals surface area contributed by atoms with Gasteiger partial charge in [0.15, 0.2) is 0 Å². The van der Waals surface area contributed by atoms with Gasteiger partial charge in [-0.25, -0.2) is 0 Å². The quantitative estimate of drug-likeness (QED) is 0.728. The van der Waals surface area contributed by atoms with Crippen LogP contribution in [-0.4, -0.2) is 16.3 Å². The van der Waals surface area contributed by atoms with Crippen LogP contribution in [-0.2, 0) is 17.6 Å². The smallest absolute Gasteiger partial charge is 0.120 e. The Hall–Kier alpha value is -2.03. The van der Waals surface area contributed by atoms with Crippen molar-refractivity contribution in [1.29, 1.82) is 0 Å². The van der Waals surface area contributed by atoms with Crippen LogP contribution in [0.15, 0.2) is 48.8 Å². The average Bonchev–Trinajstić information content (AvgIpc) is 2.41. The number of rotatable bonds is 6. The number of hydrogen-bond acceptors (Lipinski definition) is 3. The molecule has 0 N–H and O–H groups in total. The zero-order chi connectivity index (χ0) is 12.6. The number of pyridine rings is 2. The molecule has 0 radical (unpaired) electrons. The second-order valence-corrected chi connectivity index (χ2v) is 4.32. The minimum absolute atomic E-state index is 0.271. The standard InChI is InChI=1S/C15H16N2O/c18-10-7-13(11-14-5-1-3-8-16-14)12-15-6-2-4-9-17-15/h1-6,8-10,13H,7,11-12H2. The third-order valence-electron chi connectivity index (χ3n) is 2.88. The Kier molecular flexibility index (Phi) is 4.59. The van der Waals surface area contributed by atoms with E-state index < -0.39 is 0 Å². The summed E-state index contributed by atoms with van der Waals surface area (Å²) >= 11 is 0. The molecule has 0 saturated carbocycles. The lowest BCUT2D eigenvalue weighted by Gasteiger charge is -2.13. The molecule has 0 aliphatic rings. The summed E-state index contributed by atoms with van der Waals surface area (Å²) in [6.45, 7) is 0. The predicted molar refractivity (Wildman–Crippen MR) is 70.1 cm³/mol. The summed E-state index contributed by atoms with van der Waals surface area (Å²) in [6.07, 6.45) is 6.73. The van der Waals surface area contributed by atoms with Gasteiger partial charge in [0.05, 0.1) is 0 Å². The van der Waals surface area contributed by atoms with Crippen LogP contribution >= 0.6 is 0 Å². The Balaban J connectivity index is 2.02. The van der Waals surface area contributed by atoms with Crippen LogP contribution < -0.4 is 0 Å². The minimum atomic E-state index is 0.271. The van der Waals surface area contributed by atoms with Crippen molar-refractivity contribution < 1.29 is 4.79 Å². The van der Waals surface area contributed by atoms with Gasteiger partial charge in [0.25, 0.3) is 0 Å². The molecule has 2 aromatic rings. The van der Waals surface area contributed by atoms with Crippen LogP contribution in [0.5, 0.6) is 0 Å². The monoisotopic (exact) mass is 240 g/mol. The average molecular weight is 240 g/mol. The highest BCUT2D eigenvalue weighted by atomic mass is 16.1. The highest BCUT2D eigenvalue weighted by Crippen LogP contribution is 2.14. The molecular weight excluding hydrogens is 224 g/mol. The molecule has 0 unspecified atom stereocenters. The van der Waals surface area contributed by atoms with Crippen molar-refractivity contribution in [2.24, 2.45) is 5.92 Å². The van der Waals surface area contributed by atoms with Crippen LogP contribution in [0.25, 0.3) is 0 Å². The molecule has 0 saturated heterocycles. The molecule has 0 aliphatic carbocycles. The van der Waals surface area contributed by atoms with Gasteiger partial charge in [0.1, 0.15) is 6.29 Å². The zero-order valence-corrected chi connectivity index (χ0v) is 10.2. The number of hydrogen-bond donors (Lipinski definition) is 0. The van der Waals surface area contributed by atoms with Gasteiger partial charge < -0.3 is 4.79 Å². The maximum atomic E-state index is 10.8. The van der Waals surface area contributed by atoms with Gasteiger partial charge >= 0.3 is 0 Å². The number of aromatic nitrogens is 2. The highest BCUT2D eigenvalue weighted by Gasteiger charge is 2.11. The molecule has 0 fully saturated rings. The molecule has 18 heavy (non-hydrogen) atoms. The third kappa shape index (κ3) is 3.77. The number of carbonyl (C=O) groups is 1. The molecule has 2 heterocycles. The van der Waals surface area contributed by atoms with Crippen molar-refractivity contribution in [1.82, 2.24) is 9.97 Å². The summed E-state index contributed by atoms with van der Waals surface area (Å²) in [5.41, 5.74) is 2.06. The van der Waals surface area contributed by atoms with E-state index in [2.05, 4.69) is 9.97 Å². The molecule has 2 rings (SSSR count). The second-order valence-electron chi connectivity index (χ2n) is 4.32. The SMILES string of the molecule is O=CCC(Cc1ccccn1)Cc1ccccn1. The van der Waals surface area contributed by atoms with Crippen molar-refractivity contribution >= 4 is 6.29 Å². The van der Waals surface area contributed by atoms with E-state index in [1.165, 1.54) is 0 Å². The zero-order valence-electron chi connectivity index (χ0n) is 10.2. The summed E-state index contributed by atoms with van der Waals surface area (Å²) in [4.78, 5) is 19.4. The van der Waals surface area contributed by atoms with E-state index in [0.29, 0.717) is 6.42 Å². The largest absolute Gasteiger partial charge is 0.303 e. The van der Waals surface area contributed by atoms with Crippen LogP contribution in [0, 0.1) is 5.92 Å². The predicted octanol–water partition coefficient (Wildman–Crippen LogP) is 2.47. The lowest BCUT2D eigenvalue weighted by atomic mass is 9.94. The number of nitrogens with zero attached hydrogens (tertiary/aromatic N) is 2. The fourth-order valence-corrected chi connectivity index (χ4v) is 2.00.